The highest BCUT2D eigenvalue weighted by Crippen LogP contribution is 2.18. The summed E-state index contributed by atoms with van der Waals surface area (Å²) in [5.41, 5.74) is 1.65. The summed E-state index contributed by atoms with van der Waals surface area (Å²) >= 11 is 0. The van der Waals surface area contributed by atoms with E-state index in [1.165, 1.54) is 0 Å². The van der Waals surface area contributed by atoms with Gasteiger partial charge in [-0.3, -0.25) is 4.68 Å². The number of halogens is 3. The van der Waals surface area contributed by atoms with Crippen LogP contribution in [0.2, 0.25) is 0 Å². The molecule has 1 atom stereocenters. The molecule has 1 heterocycles. The van der Waals surface area contributed by atoms with Gasteiger partial charge in [-0.2, -0.15) is 5.10 Å². The molecule has 23 heavy (non-hydrogen) atoms. The highest BCUT2D eigenvalue weighted by Gasteiger charge is 2.22. The molecule has 0 fully saturated rings. The van der Waals surface area contributed by atoms with Gasteiger partial charge >= 0.3 is 0 Å². The zero-order chi connectivity index (χ0) is 17.4. The molecule has 0 radical (unpaired) electrons. The predicted molar refractivity (Wildman–Crippen MR) is 77.8 cm³/mol. The largest absolute Gasteiger partial charge is 0.268 e. The standard InChI is InChI=1S/C14H16F3N3O2S/c1-8-4-10(3)20(18-8)7-9(2)19-23(21,22)11-5-12(15)14(17)13(16)6-11/h4-6,9,19H,7H2,1-3H3. The number of aromatic nitrogens is 2. The Hall–Kier alpha value is -1.87. The Balaban J connectivity index is 2.19. The maximum absolute atomic E-state index is 13.2. The Bertz CT molecular complexity index is 811. The highest BCUT2D eigenvalue weighted by atomic mass is 32.2. The molecule has 1 aromatic heterocycles. The number of sulfonamides is 1. The van der Waals surface area contributed by atoms with Crippen LogP contribution in [0.1, 0.15) is 18.3 Å². The minimum absolute atomic E-state index is 0.241. The number of aryl methyl sites for hydroxylation is 2. The number of hydrogen-bond acceptors (Lipinski definition) is 3. The van der Waals surface area contributed by atoms with Gasteiger partial charge in [0, 0.05) is 11.7 Å². The van der Waals surface area contributed by atoms with Crippen LogP contribution in [0.25, 0.3) is 0 Å². The Kier molecular flexibility index (Phi) is 4.81. The molecule has 1 aromatic carbocycles. The van der Waals surface area contributed by atoms with E-state index in [-0.39, 0.29) is 6.54 Å². The molecule has 2 aromatic rings. The van der Waals surface area contributed by atoms with E-state index >= 15 is 0 Å². The normalized spacial score (nSPS) is 13.3. The molecule has 9 heteroatoms. The van der Waals surface area contributed by atoms with Gasteiger partial charge in [0.15, 0.2) is 17.5 Å². The fourth-order valence-corrected chi connectivity index (χ4v) is 3.43. The lowest BCUT2D eigenvalue weighted by molar-refractivity contribution is 0.441. The summed E-state index contributed by atoms with van der Waals surface area (Å²) in [6.07, 6.45) is 0. The second-order valence-corrected chi connectivity index (χ2v) is 7.05. The smallest absolute Gasteiger partial charge is 0.241 e. The van der Waals surface area contributed by atoms with Crippen molar-refractivity contribution in [2.45, 2.75) is 38.3 Å². The van der Waals surface area contributed by atoms with Crippen LogP contribution in [0.4, 0.5) is 13.2 Å². The van der Waals surface area contributed by atoms with E-state index in [2.05, 4.69) is 9.82 Å². The number of benzene rings is 1. The van der Waals surface area contributed by atoms with Gasteiger partial charge in [-0.1, -0.05) is 0 Å². The van der Waals surface area contributed by atoms with Crippen LogP contribution in [0.3, 0.4) is 0 Å². The quantitative estimate of drug-likeness (QED) is 0.844. The average Bonchev–Trinajstić information content (AvgIpc) is 2.72. The lowest BCUT2D eigenvalue weighted by atomic mass is 10.3. The molecule has 0 amide bonds. The minimum atomic E-state index is -4.19. The van der Waals surface area contributed by atoms with Crippen LogP contribution < -0.4 is 4.72 Å². The first-order valence-corrected chi connectivity index (χ1v) is 8.26. The number of rotatable bonds is 5. The summed E-state index contributed by atoms with van der Waals surface area (Å²) < 4.78 is 67.5. The van der Waals surface area contributed by atoms with Gasteiger partial charge in [-0.25, -0.2) is 26.3 Å². The van der Waals surface area contributed by atoms with Crippen LogP contribution in [0.15, 0.2) is 23.1 Å². The Morgan fingerprint density at radius 1 is 1.17 bits per heavy atom. The fourth-order valence-electron chi connectivity index (χ4n) is 2.18. The lowest BCUT2D eigenvalue weighted by Crippen LogP contribution is -2.36. The zero-order valence-corrected chi connectivity index (χ0v) is 13.6. The molecule has 5 nitrogen and oxygen atoms in total. The molecular formula is C14H16F3N3O2S. The van der Waals surface area contributed by atoms with Gasteiger partial charge in [-0.05, 0) is 39.0 Å². The zero-order valence-electron chi connectivity index (χ0n) is 12.8. The van der Waals surface area contributed by atoms with Crippen molar-refractivity contribution in [2.75, 3.05) is 0 Å². The first kappa shape index (κ1) is 17.5. The summed E-state index contributed by atoms with van der Waals surface area (Å²) in [5, 5.41) is 4.21. The van der Waals surface area contributed by atoms with Crippen LogP contribution in [-0.4, -0.2) is 24.2 Å². The molecule has 0 aliphatic rings. The van der Waals surface area contributed by atoms with E-state index in [1.54, 1.807) is 11.6 Å². The number of hydrogen-bond donors (Lipinski definition) is 1. The Morgan fingerprint density at radius 3 is 2.22 bits per heavy atom. The first-order valence-electron chi connectivity index (χ1n) is 6.78. The summed E-state index contributed by atoms with van der Waals surface area (Å²) in [7, 11) is -4.19. The summed E-state index contributed by atoms with van der Waals surface area (Å²) in [6.45, 7) is 5.46. The van der Waals surface area contributed by atoms with Crippen molar-refractivity contribution in [1.29, 1.82) is 0 Å². The summed E-state index contributed by atoms with van der Waals surface area (Å²) in [4.78, 5) is -0.672. The molecule has 0 saturated heterocycles. The molecule has 126 valence electrons. The Labute approximate surface area is 132 Å². The Morgan fingerprint density at radius 2 is 1.74 bits per heavy atom. The molecule has 1 unspecified atom stereocenters. The maximum Gasteiger partial charge on any atom is 0.241 e. The fraction of sp³-hybridized carbons (Fsp3) is 0.357. The molecule has 1 N–H and O–H groups in total. The van der Waals surface area contributed by atoms with E-state index < -0.39 is 38.4 Å². The molecule has 0 bridgehead atoms. The molecular weight excluding hydrogens is 331 g/mol. The van der Waals surface area contributed by atoms with E-state index in [4.69, 9.17) is 0 Å². The second kappa shape index (κ2) is 6.32. The topological polar surface area (TPSA) is 64.0 Å². The molecule has 0 saturated carbocycles. The number of nitrogens with one attached hydrogen (secondary N) is 1. The maximum atomic E-state index is 13.2. The van der Waals surface area contributed by atoms with Crippen molar-refractivity contribution in [3.8, 4) is 0 Å². The molecule has 0 spiro atoms. The molecule has 0 aliphatic heterocycles. The van der Waals surface area contributed by atoms with Crippen molar-refractivity contribution < 1.29 is 21.6 Å². The van der Waals surface area contributed by atoms with Crippen LogP contribution in [0, 0.1) is 31.3 Å². The van der Waals surface area contributed by atoms with Crippen molar-refractivity contribution >= 4 is 10.0 Å². The molecule has 2 rings (SSSR count). The third-order valence-electron chi connectivity index (χ3n) is 3.17. The predicted octanol–water partition coefficient (Wildman–Crippen LogP) is 2.28. The van der Waals surface area contributed by atoms with Crippen molar-refractivity contribution in [1.82, 2.24) is 14.5 Å². The van der Waals surface area contributed by atoms with Crippen LogP contribution in [-0.2, 0) is 16.6 Å². The van der Waals surface area contributed by atoms with E-state index in [1.807, 2.05) is 19.9 Å². The number of nitrogens with zero attached hydrogens (tertiary/aromatic N) is 2. The first-order chi connectivity index (χ1) is 10.6. The van der Waals surface area contributed by atoms with Gasteiger partial charge in [0.25, 0.3) is 0 Å². The summed E-state index contributed by atoms with van der Waals surface area (Å²) in [5.74, 6) is -4.83. The average molecular weight is 347 g/mol. The van der Waals surface area contributed by atoms with Crippen molar-refractivity contribution in [3.63, 3.8) is 0 Å². The monoisotopic (exact) mass is 347 g/mol. The van der Waals surface area contributed by atoms with Gasteiger partial charge < -0.3 is 0 Å². The van der Waals surface area contributed by atoms with Gasteiger partial charge in [0.05, 0.1) is 17.1 Å². The minimum Gasteiger partial charge on any atom is -0.268 e. The third-order valence-corrected chi connectivity index (χ3v) is 4.74. The highest BCUT2D eigenvalue weighted by molar-refractivity contribution is 7.89. The van der Waals surface area contributed by atoms with Crippen molar-refractivity contribution in [3.05, 3.63) is 47.0 Å². The van der Waals surface area contributed by atoms with Gasteiger partial charge in [-0.15, -0.1) is 0 Å². The second-order valence-electron chi connectivity index (χ2n) is 5.33. The summed E-state index contributed by atoms with van der Waals surface area (Å²) in [6, 6.07) is 2.13. The van der Waals surface area contributed by atoms with Gasteiger partial charge in [0.1, 0.15) is 0 Å². The lowest BCUT2D eigenvalue weighted by Gasteiger charge is -2.15. The van der Waals surface area contributed by atoms with Crippen molar-refractivity contribution in [2.24, 2.45) is 0 Å². The van der Waals surface area contributed by atoms with E-state index in [0.29, 0.717) is 12.1 Å². The SMILES string of the molecule is Cc1cc(C)n(CC(C)NS(=O)(=O)c2cc(F)c(F)c(F)c2)n1. The van der Waals surface area contributed by atoms with E-state index in [9.17, 15) is 21.6 Å². The van der Waals surface area contributed by atoms with Gasteiger partial charge in [0.2, 0.25) is 10.0 Å². The van der Waals surface area contributed by atoms with E-state index in [0.717, 1.165) is 11.4 Å². The third kappa shape index (κ3) is 3.91. The van der Waals surface area contributed by atoms with Crippen LogP contribution >= 0.6 is 0 Å². The molecule has 0 aliphatic carbocycles. The van der Waals surface area contributed by atoms with Crippen LogP contribution in [0.5, 0.6) is 0 Å².